The van der Waals surface area contributed by atoms with Crippen LogP contribution in [0.5, 0.6) is 0 Å². The van der Waals surface area contributed by atoms with Gasteiger partial charge < -0.3 is 16.0 Å². The largest absolute Gasteiger partial charge is 0.355 e. The van der Waals surface area contributed by atoms with E-state index in [2.05, 4.69) is 10.2 Å². The fraction of sp³-hybridized carbons (Fsp3) is 0.632. The average Bonchev–Trinajstić information content (AvgIpc) is 2.59. The SMILES string of the molecule is NC(Cc1ccccc1)C(=O)NCCCCCN1CCCCC1. The molecule has 0 aliphatic carbocycles. The molecule has 23 heavy (non-hydrogen) atoms. The third-order valence-corrected chi connectivity index (χ3v) is 4.53. The molecule has 3 N–H and O–H groups in total. The van der Waals surface area contributed by atoms with Crippen LogP contribution >= 0.6 is 0 Å². The minimum atomic E-state index is -0.453. The molecule has 1 saturated heterocycles. The quantitative estimate of drug-likeness (QED) is 0.687. The van der Waals surface area contributed by atoms with Crippen LogP contribution in [0.25, 0.3) is 0 Å². The number of amides is 1. The van der Waals surface area contributed by atoms with Crippen molar-refractivity contribution in [2.75, 3.05) is 26.2 Å². The van der Waals surface area contributed by atoms with Crippen LogP contribution in [0.3, 0.4) is 0 Å². The monoisotopic (exact) mass is 317 g/mol. The average molecular weight is 317 g/mol. The van der Waals surface area contributed by atoms with Crippen molar-refractivity contribution in [3.8, 4) is 0 Å². The Bertz CT molecular complexity index is 443. The fourth-order valence-corrected chi connectivity index (χ4v) is 3.12. The van der Waals surface area contributed by atoms with E-state index in [9.17, 15) is 4.79 Å². The minimum absolute atomic E-state index is 0.0371. The summed E-state index contributed by atoms with van der Waals surface area (Å²) in [7, 11) is 0. The van der Waals surface area contributed by atoms with E-state index >= 15 is 0 Å². The second-order valence-corrected chi connectivity index (χ2v) is 6.55. The molecule has 0 saturated carbocycles. The van der Waals surface area contributed by atoms with Crippen molar-refractivity contribution in [1.82, 2.24) is 10.2 Å². The van der Waals surface area contributed by atoms with Gasteiger partial charge in [0.25, 0.3) is 0 Å². The number of unbranched alkanes of at least 4 members (excludes halogenated alkanes) is 2. The molecule has 0 bridgehead atoms. The van der Waals surface area contributed by atoms with E-state index in [-0.39, 0.29) is 5.91 Å². The lowest BCUT2D eigenvalue weighted by atomic mass is 10.1. The Hall–Kier alpha value is -1.39. The number of likely N-dealkylation sites (tertiary alicyclic amines) is 1. The molecular formula is C19H31N3O. The molecule has 2 rings (SSSR count). The Kier molecular flexibility index (Phi) is 8.12. The van der Waals surface area contributed by atoms with Crippen LogP contribution < -0.4 is 11.1 Å². The summed E-state index contributed by atoms with van der Waals surface area (Å²) in [4.78, 5) is 14.6. The maximum Gasteiger partial charge on any atom is 0.237 e. The first kappa shape index (κ1) is 18.0. The number of nitrogens with two attached hydrogens (primary N) is 1. The molecule has 1 unspecified atom stereocenters. The Balaban J connectivity index is 1.50. The van der Waals surface area contributed by atoms with E-state index in [0.717, 1.165) is 18.5 Å². The third kappa shape index (κ3) is 7.14. The molecule has 0 radical (unpaired) electrons. The topological polar surface area (TPSA) is 58.4 Å². The van der Waals surface area contributed by atoms with Gasteiger partial charge in [-0.05, 0) is 57.3 Å². The van der Waals surface area contributed by atoms with Crippen molar-refractivity contribution in [2.45, 2.75) is 51.0 Å². The van der Waals surface area contributed by atoms with Gasteiger partial charge >= 0.3 is 0 Å². The van der Waals surface area contributed by atoms with E-state index in [1.807, 2.05) is 30.3 Å². The van der Waals surface area contributed by atoms with Crippen LogP contribution in [0.4, 0.5) is 0 Å². The van der Waals surface area contributed by atoms with Gasteiger partial charge in [0.15, 0.2) is 0 Å². The van der Waals surface area contributed by atoms with Crippen LogP contribution in [0.2, 0.25) is 0 Å². The van der Waals surface area contributed by atoms with Crippen molar-refractivity contribution in [3.05, 3.63) is 35.9 Å². The lowest BCUT2D eigenvalue weighted by molar-refractivity contribution is -0.122. The molecule has 4 heteroatoms. The number of rotatable bonds is 9. The highest BCUT2D eigenvalue weighted by atomic mass is 16.2. The van der Waals surface area contributed by atoms with Gasteiger partial charge in [0, 0.05) is 6.54 Å². The zero-order valence-electron chi connectivity index (χ0n) is 14.2. The first-order chi connectivity index (χ1) is 11.3. The summed E-state index contributed by atoms with van der Waals surface area (Å²) in [5.74, 6) is -0.0371. The summed E-state index contributed by atoms with van der Waals surface area (Å²) in [5.41, 5.74) is 7.08. The number of hydrogen-bond donors (Lipinski definition) is 2. The molecule has 1 heterocycles. The van der Waals surface area contributed by atoms with Crippen LogP contribution in [0.1, 0.15) is 44.1 Å². The van der Waals surface area contributed by atoms with E-state index in [1.54, 1.807) is 0 Å². The standard InChI is InChI=1S/C19H31N3O/c20-18(16-17-10-4-1-5-11-17)19(23)21-12-6-2-7-13-22-14-8-3-9-15-22/h1,4-5,10-11,18H,2-3,6-9,12-16,20H2,(H,21,23). The Morgan fingerprint density at radius 1 is 1.09 bits per heavy atom. The third-order valence-electron chi connectivity index (χ3n) is 4.53. The Morgan fingerprint density at radius 3 is 2.57 bits per heavy atom. The molecule has 1 fully saturated rings. The van der Waals surface area contributed by atoms with Crippen molar-refractivity contribution < 1.29 is 4.79 Å². The molecule has 4 nitrogen and oxygen atoms in total. The lowest BCUT2D eigenvalue weighted by Crippen LogP contribution is -2.42. The number of carbonyl (C=O) groups excluding carboxylic acids is 1. The van der Waals surface area contributed by atoms with Crippen LogP contribution in [-0.4, -0.2) is 43.0 Å². The molecule has 1 aliphatic rings. The van der Waals surface area contributed by atoms with Crippen molar-refractivity contribution in [3.63, 3.8) is 0 Å². The number of nitrogens with zero attached hydrogens (tertiary/aromatic N) is 1. The highest BCUT2D eigenvalue weighted by molar-refractivity contribution is 5.81. The first-order valence-electron chi connectivity index (χ1n) is 9.05. The van der Waals surface area contributed by atoms with Gasteiger partial charge in [0.05, 0.1) is 6.04 Å². The highest BCUT2D eigenvalue weighted by Gasteiger charge is 2.13. The molecule has 1 atom stereocenters. The van der Waals surface area contributed by atoms with Crippen molar-refractivity contribution in [2.24, 2.45) is 5.73 Å². The normalized spacial score (nSPS) is 16.9. The zero-order valence-corrected chi connectivity index (χ0v) is 14.2. The van der Waals surface area contributed by atoms with Crippen LogP contribution in [-0.2, 0) is 11.2 Å². The summed E-state index contributed by atoms with van der Waals surface area (Å²) in [6.07, 6.45) is 8.15. The molecule has 1 amide bonds. The predicted molar refractivity (Wildman–Crippen MR) is 95.3 cm³/mol. The van der Waals surface area contributed by atoms with Gasteiger partial charge in [-0.1, -0.05) is 43.2 Å². The number of carbonyl (C=O) groups is 1. The van der Waals surface area contributed by atoms with Gasteiger partial charge in [-0.2, -0.15) is 0 Å². The van der Waals surface area contributed by atoms with Gasteiger partial charge in [0.1, 0.15) is 0 Å². The van der Waals surface area contributed by atoms with Gasteiger partial charge in [-0.3, -0.25) is 4.79 Å². The second kappa shape index (κ2) is 10.4. The lowest BCUT2D eigenvalue weighted by Gasteiger charge is -2.26. The zero-order chi connectivity index (χ0) is 16.3. The molecule has 0 spiro atoms. The minimum Gasteiger partial charge on any atom is -0.355 e. The van der Waals surface area contributed by atoms with Gasteiger partial charge in [-0.15, -0.1) is 0 Å². The van der Waals surface area contributed by atoms with Crippen molar-refractivity contribution in [1.29, 1.82) is 0 Å². The van der Waals surface area contributed by atoms with Crippen molar-refractivity contribution >= 4 is 5.91 Å². The molecule has 1 aromatic carbocycles. The fourth-order valence-electron chi connectivity index (χ4n) is 3.12. The smallest absolute Gasteiger partial charge is 0.237 e. The first-order valence-corrected chi connectivity index (χ1v) is 9.05. The molecular weight excluding hydrogens is 286 g/mol. The van der Waals surface area contributed by atoms with Gasteiger partial charge in [-0.25, -0.2) is 0 Å². The summed E-state index contributed by atoms with van der Waals surface area (Å²) in [6, 6.07) is 9.48. The molecule has 1 aliphatic heterocycles. The number of nitrogens with one attached hydrogen (secondary N) is 1. The van der Waals surface area contributed by atoms with Crippen LogP contribution in [0.15, 0.2) is 30.3 Å². The Morgan fingerprint density at radius 2 is 1.83 bits per heavy atom. The molecule has 128 valence electrons. The second-order valence-electron chi connectivity index (χ2n) is 6.55. The Labute approximate surface area is 140 Å². The van der Waals surface area contributed by atoms with E-state index in [4.69, 9.17) is 5.73 Å². The summed E-state index contributed by atoms with van der Waals surface area (Å²) >= 11 is 0. The maximum atomic E-state index is 12.0. The number of hydrogen-bond acceptors (Lipinski definition) is 3. The van der Waals surface area contributed by atoms with Crippen LogP contribution in [0, 0.1) is 0 Å². The number of benzene rings is 1. The van der Waals surface area contributed by atoms with E-state index in [1.165, 1.54) is 51.7 Å². The predicted octanol–water partition coefficient (Wildman–Crippen LogP) is 2.33. The summed E-state index contributed by atoms with van der Waals surface area (Å²) in [6.45, 7) is 4.49. The number of piperidine rings is 1. The highest BCUT2D eigenvalue weighted by Crippen LogP contribution is 2.09. The maximum absolute atomic E-state index is 12.0. The van der Waals surface area contributed by atoms with E-state index in [0.29, 0.717) is 6.42 Å². The van der Waals surface area contributed by atoms with E-state index < -0.39 is 6.04 Å². The summed E-state index contributed by atoms with van der Waals surface area (Å²) < 4.78 is 0. The molecule has 1 aromatic rings. The van der Waals surface area contributed by atoms with Gasteiger partial charge in [0.2, 0.25) is 5.91 Å². The summed E-state index contributed by atoms with van der Waals surface area (Å²) in [5, 5.41) is 2.96. The molecule has 0 aromatic heterocycles.